The van der Waals surface area contributed by atoms with Crippen LogP contribution >= 0.6 is 0 Å². The predicted molar refractivity (Wildman–Crippen MR) is 96.8 cm³/mol. The molecule has 1 aliphatic carbocycles. The molecule has 3 fully saturated rings. The van der Waals surface area contributed by atoms with Gasteiger partial charge in [-0.2, -0.15) is 0 Å². The van der Waals surface area contributed by atoms with Gasteiger partial charge in [-0.05, 0) is 62.6 Å². The van der Waals surface area contributed by atoms with Crippen molar-refractivity contribution >= 4 is 0 Å². The standard InChI is InChI=1S/C21H32N2/c1-2-8-19(9-3-1)21(12-4-5-13-21)18-23-15-7-11-20(17-23)10-6-14-22-16-20/h1-3,8-9,22H,4-7,10-18H2. The largest absolute Gasteiger partial charge is 0.316 e. The number of hydrogen-bond acceptors (Lipinski definition) is 2. The minimum atomic E-state index is 0.432. The maximum absolute atomic E-state index is 3.67. The van der Waals surface area contributed by atoms with Crippen molar-refractivity contribution in [3.63, 3.8) is 0 Å². The van der Waals surface area contributed by atoms with Crippen LogP contribution in [0.3, 0.4) is 0 Å². The molecule has 1 saturated carbocycles. The van der Waals surface area contributed by atoms with Crippen molar-refractivity contribution in [1.29, 1.82) is 0 Å². The predicted octanol–water partition coefficient (Wildman–Crippen LogP) is 3.96. The van der Waals surface area contributed by atoms with Gasteiger partial charge in [0.25, 0.3) is 0 Å². The molecule has 1 aromatic rings. The number of hydrogen-bond donors (Lipinski definition) is 1. The third-order valence-electron chi connectivity index (χ3n) is 6.77. The van der Waals surface area contributed by atoms with Gasteiger partial charge in [0.05, 0.1) is 0 Å². The van der Waals surface area contributed by atoms with Crippen molar-refractivity contribution in [2.24, 2.45) is 5.41 Å². The van der Waals surface area contributed by atoms with Crippen molar-refractivity contribution < 1.29 is 0 Å². The summed E-state index contributed by atoms with van der Waals surface area (Å²) in [6, 6.07) is 11.4. The Morgan fingerprint density at radius 1 is 0.913 bits per heavy atom. The topological polar surface area (TPSA) is 15.3 Å². The fourth-order valence-corrected chi connectivity index (χ4v) is 5.63. The van der Waals surface area contributed by atoms with E-state index >= 15 is 0 Å². The molecule has 23 heavy (non-hydrogen) atoms. The van der Waals surface area contributed by atoms with Crippen LogP contribution in [0.5, 0.6) is 0 Å². The summed E-state index contributed by atoms with van der Waals surface area (Å²) in [5.74, 6) is 0. The molecule has 2 aliphatic heterocycles. The van der Waals surface area contributed by atoms with Gasteiger partial charge in [0.2, 0.25) is 0 Å². The van der Waals surface area contributed by atoms with Gasteiger partial charge >= 0.3 is 0 Å². The van der Waals surface area contributed by atoms with Crippen molar-refractivity contribution in [2.45, 2.75) is 56.8 Å². The first kappa shape index (κ1) is 15.7. The summed E-state index contributed by atoms with van der Waals surface area (Å²) in [5.41, 5.74) is 2.60. The van der Waals surface area contributed by atoms with Gasteiger partial charge in [0.15, 0.2) is 0 Å². The fraction of sp³-hybridized carbons (Fsp3) is 0.714. The van der Waals surface area contributed by atoms with Crippen LogP contribution < -0.4 is 5.32 Å². The van der Waals surface area contributed by atoms with E-state index in [0.717, 1.165) is 0 Å². The van der Waals surface area contributed by atoms with Crippen LogP contribution in [-0.4, -0.2) is 37.6 Å². The van der Waals surface area contributed by atoms with Crippen LogP contribution in [-0.2, 0) is 5.41 Å². The van der Waals surface area contributed by atoms with Gasteiger partial charge in [0, 0.05) is 25.0 Å². The van der Waals surface area contributed by atoms with Gasteiger partial charge in [-0.25, -0.2) is 0 Å². The van der Waals surface area contributed by atoms with E-state index in [9.17, 15) is 0 Å². The zero-order valence-corrected chi connectivity index (χ0v) is 14.5. The molecule has 1 unspecified atom stereocenters. The lowest BCUT2D eigenvalue weighted by Crippen LogP contribution is -2.53. The zero-order chi connectivity index (χ0) is 15.6. The summed E-state index contributed by atoms with van der Waals surface area (Å²) in [6.07, 6.45) is 11.2. The molecule has 0 radical (unpaired) electrons. The highest BCUT2D eigenvalue weighted by molar-refractivity contribution is 5.27. The first-order valence-corrected chi connectivity index (χ1v) is 9.79. The first-order chi connectivity index (χ1) is 11.3. The maximum Gasteiger partial charge on any atom is 0.00803 e. The summed E-state index contributed by atoms with van der Waals surface area (Å²) in [6.45, 7) is 6.42. The number of benzene rings is 1. The van der Waals surface area contributed by atoms with E-state index in [-0.39, 0.29) is 0 Å². The number of rotatable bonds is 3. The molecule has 0 amide bonds. The van der Waals surface area contributed by atoms with Gasteiger partial charge in [-0.3, -0.25) is 0 Å². The summed E-state index contributed by atoms with van der Waals surface area (Å²) < 4.78 is 0. The smallest absolute Gasteiger partial charge is 0.00803 e. The lowest BCUT2D eigenvalue weighted by molar-refractivity contribution is 0.0498. The van der Waals surface area contributed by atoms with Crippen LogP contribution in [0.1, 0.15) is 56.9 Å². The van der Waals surface area contributed by atoms with E-state index in [0.29, 0.717) is 10.8 Å². The van der Waals surface area contributed by atoms with Crippen LogP contribution in [0.25, 0.3) is 0 Å². The summed E-state index contributed by atoms with van der Waals surface area (Å²) in [4.78, 5) is 2.83. The van der Waals surface area contributed by atoms with E-state index < -0.39 is 0 Å². The quantitative estimate of drug-likeness (QED) is 0.908. The van der Waals surface area contributed by atoms with E-state index in [1.54, 1.807) is 5.56 Å². The minimum absolute atomic E-state index is 0.432. The van der Waals surface area contributed by atoms with Crippen molar-refractivity contribution in [3.05, 3.63) is 35.9 Å². The lowest BCUT2D eigenvalue weighted by atomic mass is 9.72. The Bertz CT molecular complexity index is 492. The minimum Gasteiger partial charge on any atom is -0.316 e. The number of nitrogens with zero attached hydrogens (tertiary/aromatic N) is 1. The fourth-order valence-electron chi connectivity index (χ4n) is 5.63. The highest BCUT2D eigenvalue weighted by Gasteiger charge is 2.41. The molecule has 1 aromatic carbocycles. The second-order valence-electron chi connectivity index (χ2n) is 8.45. The molecule has 0 bridgehead atoms. The van der Waals surface area contributed by atoms with Gasteiger partial charge in [-0.15, -0.1) is 0 Å². The lowest BCUT2D eigenvalue weighted by Gasteiger charge is -2.48. The second kappa shape index (κ2) is 6.57. The van der Waals surface area contributed by atoms with Crippen molar-refractivity contribution in [2.75, 3.05) is 32.7 Å². The second-order valence-corrected chi connectivity index (χ2v) is 8.45. The van der Waals surface area contributed by atoms with Crippen LogP contribution in [0, 0.1) is 5.41 Å². The molecular weight excluding hydrogens is 280 g/mol. The monoisotopic (exact) mass is 312 g/mol. The third-order valence-corrected chi connectivity index (χ3v) is 6.77. The molecule has 0 aromatic heterocycles. The van der Waals surface area contributed by atoms with E-state index in [2.05, 4.69) is 40.5 Å². The molecular formula is C21H32N2. The number of piperidine rings is 2. The Hall–Kier alpha value is -0.860. The molecule has 2 heterocycles. The third kappa shape index (κ3) is 3.21. The van der Waals surface area contributed by atoms with Crippen molar-refractivity contribution in [3.8, 4) is 0 Å². The van der Waals surface area contributed by atoms with Crippen LogP contribution in [0.15, 0.2) is 30.3 Å². The molecule has 1 spiro atoms. The molecule has 1 atom stereocenters. The highest BCUT2D eigenvalue weighted by atomic mass is 15.2. The Morgan fingerprint density at radius 3 is 2.43 bits per heavy atom. The molecule has 1 N–H and O–H groups in total. The average molecular weight is 313 g/mol. The van der Waals surface area contributed by atoms with Crippen LogP contribution in [0.2, 0.25) is 0 Å². The summed E-state index contributed by atoms with van der Waals surface area (Å²) in [5, 5.41) is 3.67. The molecule has 3 aliphatic rings. The number of nitrogens with one attached hydrogen (secondary N) is 1. The molecule has 4 rings (SSSR count). The van der Waals surface area contributed by atoms with E-state index in [4.69, 9.17) is 0 Å². The number of likely N-dealkylation sites (tertiary alicyclic amines) is 1. The summed E-state index contributed by atoms with van der Waals surface area (Å²) in [7, 11) is 0. The Morgan fingerprint density at radius 2 is 1.70 bits per heavy atom. The zero-order valence-electron chi connectivity index (χ0n) is 14.5. The van der Waals surface area contributed by atoms with E-state index in [1.165, 1.54) is 84.1 Å². The van der Waals surface area contributed by atoms with Crippen LogP contribution in [0.4, 0.5) is 0 Å². The van der Waals surface area contributed by atoms with E-state index in [1.807, 2.05) is 0 Å². The Labute approximate surface area is 141 Å². The van der Waals surface area contributed by atoms with Gasteiger partial charge < -0.3 is 10.2 Å². The highest BCUT2D eigenvalue weighted by Crippen LogP contribution is 2.44. The molecule has 126 valence electrons. The van der Waals surface area contributed by atoms with Gasteiger partial charge in [-0.1, -0.05) is 43.2 Å². The average Bonchev–Trinajstić information content (AvgIpc) is 3.06. The molecule has 2 nitrogen and oxygen atoms in total. The normalized spacial score (nSPS) is 31.5. The SMILES string of the molecule is c1ccc(C2(CN3CCCC4(CCCNC4)C3)CCCC2)cc1. The summed E-state index contributed by atoms with van der Waals surface area (Å²) >= 11 is 0. The molecule has 2 heteroatoms. The Balaban J connectivity index is 1.51. The van der Waals surface area contributed by atoms with Crippen molar-refractivity contribution in [1.82, 2.24) is 10.2 Å². The first-order valence-electron chi connectivity index (χ1n) is 9.79. The maximum atomic E-state index is 3.67. The van der Waals surface area contributed by atoms with Gasteiger partial charge in [0.1, 0.15) is 0 Å². The molecule has 2 saturated heterocycles. The Kier molecular flexibility index (Phi) is 4.47.